The molecule has 1 heterocycles. The lowest BCUT2D eigenvalue weighted by Gasteiger charge is -2.24. The zero-order valence-corrected chi connectivity index (χ0v) is 18.6. The molecule has 0 bridgehead atoms. The third kappa shape index (κ3) is 5.89. The Labute approximate surface area is 181 Å². The van der Waals surface area contributed by atoms with Gasteiger partial charge in [-0.15, -0.1) is 11.3 Å². The second kappa shape index (κ2) is 9.85. The number of nitrogens with zero attached hydrogens (tertiary/aromatic N) is 2. The highest BCUT2D eigenvalue weighted by Gasteiger charge is 2.19. The quantitative estimate of drug-likeness (QED) is 0.459. The lowest BCUT2D eigenvalue weighted by molar-refractivity contribution is 0.0720. The van der Waals surface area contributed by atoms with Crippen LogP contribution < -0.4 is 4.74 Å². The van der Waals surface area contributed by atoms with Crippen LogP contribution in [0.3, 0.4) is 0 Å². The smallest absolute Gasteiger partial charge is 0.254 e. The predicted octanol–water partition coefficient (Wildman–Crippen LogP) is 5.78. The summed E-state index contributed by atoms with van der Waals surface area (Å²) in [5, 5.41) is 2.83. The van der Waals surface area contributed by atoms with Crippen LogP contribution in [0, 0.1) is 25.6 Å². The maximum absolute atomic E-state index is 13.2. The molecule has 6 heteroatoms. The van der Waals surface area contributed by atoms with Gasteiger partial charge in [-0.25, -0.2) is 9.37 Å². The van der Waals surface area contributed by atoms with Crippen molar-refractivity contribution in [2.45, 2.75) is 40.8 Å². The summed E-state index contributed by atoms with van der Waals surface area (Å²) in [6, 6.07) is 11.7. The minimum Gasteiger partial charge on any atom is -0.486 e. The Balaban J connectivity index is 1.66. The van der Waals surface area contributed by atoms with Gasteiger partial charge in [0.15, 0.2) is 0 Å². The van der Waals surface area contributed by atoms with E-state index in [1.54, 1.807) is 4.90 Å². The van der Waals surface area contributed by atoms with Crippen molar-refractivity contribution in [1.29, 1.82) is 0 Å². The molecule has 3 aromatic rings. The van der Waals surface area contributed by atoms with Gasteiger partial charge in [0.05, 0.1) is 12.2 Å². The predicted molar refractivity (Wildman–Crippen MR) is 118 cm³/mol. The van der Waals surface area contributed by atoms with E-state index >= 15 is 0 Å². The number of benzene rings is 2. The highest BCUT2D eigenvalue weighted by molar-refractivity contribution is 7.09. The molecule has 0 radical (unpaired) electrons. The summed E-state index contributed by atoms with van der Waals surface area (Å²) in [5.41, 5.74) is 3.73. The van der Waals surface area contributed by atoms with Crippen molar-refractivity contribution in [3.63, 3.8) is 0 Å². The fraction of sp³-hybridized carbons (Fsp3) is 0.333. The van der Waals surface area contributed by atoms with E-state index in [9.17, 15) is 9.18 Å². The van der Waals surface area contributed by atoms with E-state index in [4.69, 9.17) is 4.74 Å². The Kier molecular flexibility index (Phi) is 7.21. The summed E-state index contributed by atoms with van der Waals surface area (Å²) >= 11 is 1.52. The second-order valence-electron chi connectivity index (χ2n) is 7.85. The Morgan fingerprint density at radius 1 is 1.13 bits per heavy atom. The number of ether oxygens (including phenoxy) is 1. The van der Waals surface area contributed by atoms with Gasteiger partial charge in [0.2, 0.25) is 0 Å². The van der Waals surface area contributed by atoms with Crippen LogP contribution in [0.15, 0.2) is 47.8 Å². The van der Waals surface area contributed by atoms with Gasteiger partial charge in [-0.05, 0) is 67.3 Å². The van der Waals surface area contributed by atoms with E-state index in [0.717, 1.165) is 16.5 Å². The second-order valence-corrected chi connectivity index (χ2v) is 8.80. The summed E-state index contributed by atoms with van der Waals surface area (Å²) < 4.78 is 19.1. The van der Waals surface area contributed by atoms with Crippen LogP contribution in [0.4, 0.5) is 4.39 Å². The molecule has 0 atom stereocenters. The van der Waals surface area contributed by atoms with Crippen molar-refractivity contribution < 1.29 is 13.9 Å². The minimum absolute atomic E-state index is 0.121. The molecule has 0 aliphatic carbocycles. The van der Waals surface area contributed by atoms with Crippen molar-refractivity contribution in [1.82, 2.24) is 9.88 Å². The number of rotatable bonds is 8. The summed E-state index contributed by atoms with van der Waals surface area (Å²) in [7, 11) is 0. The Morgan fingerprint density at radius 3 is 2.53 bits per heavy atom. The van der Waals surface area contributed by atoms with Gasteiger partial charge in [0, 0.05) is 17.5 Å². The van der Waals surface area contributed by atoms with E-state index in [1.165, 1.54) is 46.7 Å². The Hall–Kier alpha value is -2.73. The first kappa shape index (κ1) is 22.0. The topological polar surface area (TPSA) is 42.4 Å². The number of halogens is 1. The van der Waals surface area contributed by atoms with Gasteiger partial charge in [0.1, 0.15) is 23.2 Å². The Bertz CT molecular complexity index is 999. The number of carbonyl (C=O) groups is 1. The zero-order chi connectivity index (χ0) is 21.7. The SMILES string of the molecule is Cc1ccc(OCc2nc(CN(CC(C)C)C(=O)c3ccc(F)cc3)cs2)cc1C. The maximum Gasteiger partial charge on any atom is 0.254 e. The molecular formula is C24H27FN2O2S. The van der Waals surface area contributed by atoms with Crippen LogP contribution in [-0.4, -0.2) is 22.3 Å². The lowest BCUT2D eigenvalue weighted by atomic mass is 10.1. The van der Waals surface area contributed by atoms with E-state index < -0.39 is 0 Å². The monoisotopic (exact) mass is 426 g/mol. The number of hydrogen-bond acceptors (Lipinski definition) is 4. The molecule has 0 saturated carbocycles. The average molecular weight is 427 g/mol. The molecule has 0 fully saturated rings. The minimum atomic E-state index is -0.352. The van der Waals surface area contributed by atoms with Crippen LogP contribution >= 0.6 is 11.3 Å². The van der Waals surface area contributed by atoms with Crippen molar-refractivity contribution >= 4 is 17.2 Å². The third-order valence-electron chi connectivity index (χ3n) is 4.76. The molecule has 4 nitrogen and oxygen atoms in total. The van der Waals surface area contributed by atoms with E-state index in [2.05, 4.69) is 32.7 Å². The molecule has 1 amide bonds. The highest BCUT2D eigenvalue weighted by Crippen LogP contribution is 2.20. The fourth-order valence-corrected chi connectivity index (χ4v) is 3.76. The number of amides is 1. The molecule has 0 unspecified atom stereocenters. The van der Waals surface area contributed by atoms with Gasteiger partial charge >= 0.3 is 0 Å². The van der Waals surface area contributed by atoms with Gasteiger partial charge in [-0.3, -0.25) is 4.79 Å². The lowest BCUT2D eigenvalue weighted by Crippen LogP contribution is -2.33. The largest absolute Gasteiger partial charge is 0.486 e. The number of carbonyl (C=O) groups excluding carboxylic acids is 1. The first-order chi connectivity index (χ1) is 14.3. The number of hydrogen-bond donors (Lipinski definition) is 0. The summed E-state index contributed by atoms with van der Waals surface area (Å²) in [4.78, 5) is 19.3. The molecule has 0 aliphatic rings. The van der Waals surface area contributed by atoms with Crippen molar-refractivity contribution in [2.24, 2.45) is 5.92 Å². The Morgan fingerprint density at radius 2 is 1.87 bits per heavy atom. The molecule has 0 N–H and O–H groups in total. The molecule has 158 valence electrons. The number of aromatic nitrogens is 1. The average Bonchev–Trinajstić information content (AvgIpc) is 3.15. The first-order valence-electron chi connectivity index (χ1n) is 10.00. The van der Waals surface area contributed by atoms with Crippen molar-refractivity contribution in [3.05, 3.63) is 81.1 Å². The summed E-state index contributed by atoms with van der Waals surface area (Å²) in [6.07, 6.45) is 0. The van der Waals surface area contributed by atoms with E-state index in [-0.39, 0.29) is 11.7 Å². The first-order valence-corrected chi connectivity index (χ1v) is 10.9. The van der Waals surface area contributed by atoms with E-state index in [0.29, 0.717) is 31.2 Å². The fourth-order valence-electron chi connectivity index (χ4n) is 3.07. The molecule has 3 rings (SSSR count). The third-order valence-corrected chi connectivity index (χ3v) is 5.63. The normalized spacial score (nSPS) is 11.0. The molecule has 30 heavy (non-hydrogen) atoms. The van der Waals surface area contributed by atoms with Crippen LogP contribution in [0.5, 0.6) is 5.75 Å². The van der Waals surface area contributed by atoms with E-state index in [1.807, 2.05) is 23.6 Å². The maximum atomic E-state index is 13.2. The van der Waals surface area contributed by atoms with Crippen LogP contribution in [0.2, 0.25) is 0 Å². The van der Waals surface area contributed by atoms with Gasteiger partial charge in [-0.2, -0.15) is 0 Å². The number of aryl methyl sites for hydroxylation is 2. The van der Waals surface area contributed by atoms with Crippen molar-refractivity contribution in [3.8, 4) is 5.75 Å². The van der Waals surface area contributed by atoms with Crippen LogP contribution in [0.1, 0.15) is 46.0 Å². The molecule has 0 aliphatic heterocycles. The molecular weight excluding hydrogens is 399 g/mol. The highest BCUT2D eigenvalue weighted by atomic mass is 32.1. The number of thiazole rings is 1. The summed E-state index contributed by atoms with van der Waals surface area (Å²) in [5.74, 6) is 0.655. The summed E-state index contributed by atoms with van der Waals surface area (Å²) in [6.45, 7) is 9.66. The van der Waals surface area contributed by atoms with Gasteiger partial charge in [0.25, 0.3) is 5.91 Å². The van der Waals surface area contributed by atoms with Gasteiger partial charge < -0.3 is 9.64 Å². The zero-order valence-electron chi connectivity index (χ0n) is 17.8. The van der Waals surface area contributed by atoms with Crippen LogP contribution in [-0.2, 0) is 13.2 Å². The van der Waals surface area contributed by atoms with Crippen LogP contribution in [0.25, 0.3) is 0 Å². The van der Waals surface area contributed by atoms with Crippen molar-refractivity contribution in [2.75, 3.05) is 6.54 Å². The molecule has 2 aromatic carbocycles. The standard InChI is InChI=1S/C24H27FN2O2S/c1-16(2)12-27(24(28)19-6-8-20(25)9-7-19)13-21-15-30-23(26-21)14-29-22-10-5-17(3)18(4)11-22/h5-11,15-16H,12-14H2,1-4H3. The molecule has 1 aromatic heterocycles. The molecule has 0 spiro atoms. The van der Waals surface area contributed by atoms with Gasteiger partial charge in [-0.1, -0.05) is 19.9 Å². The molecule has 0 saturated heterocycles.